The first-order chi connectivity index (χ1) is 9.10. The van der Waals surface area contributed by atoms with Crippen LogP contribution >= 0.6 is 0 Å². The van der Waals surface area contributed by atoms with Gasteiger partial charge in [-0.15, -0.1) is 0 Å². The second-order valence-electron chi connectivity index (χ2n) is 6.94. The second kappa shape index (κ2) is 6.25. The molecule has 1 saturated heterocycles. The van der Waals surface area contributed by atoms with Crippen LogP contribution in [0.5, 0.6) is 0 Å². The Balaban J connectivity index is 1.88. The Kier molecular flexibility index (Phi) is 4.88. The number of rotatable bonds is 4. The fourth-order valence-corrected chi connectivity index (χ4v) is 3.71. The van der Waals surface area contributed by atoms with E-state index in [9.17, 15) is 4.79 Å². The Morgan fingerprint density at radius 3 is 2.32 bits per heavy atom. The van der Waals surface area contributed by atoms with Gasteiger partial charge in [-0.25, -0.2) is 0 Å². The molecule has 19 heavy (non-hydrogen) atoms. The SMILES string of the molecule is CCC1(C(=O)NCC2(C)CCCCC2)CCNCC1. The Labute approximate surface area is 117 Å². The Hall–Kier alpha value is -0.570. The molecule has 1 saturated carbocycles. The maximum Gasteiger partial charge on any atom is 0.226 e. The first kappa shape index (κ1) is 14.8. The highest BCUT2D eigenvalue weighted by Gasteiger charge is 2.38. The third-order valence-electron chi connectivity index (χ3n) is 5.46. The van der Waals surface area contributed by atoms with Crippen LogP contribution in [0.25, 0.3) is 0 Å². The number of hydrogen-bond donors (Lipinski definition) is 2. The van der Waals surface area contributed by atoms with Gasteiger partial charge in [-0.05, 0) is 50.6 Å². The summed E-state index contributed by atoms with van der Waals surface area (Å²) in [6, 6.07) is 0. The standard InChI is InChI=1S/C16H30N2O/c1-3-16(9-11-17-12-10-16)14(19)18-13-15(2)7-5-4-6-8-15/h17H,3-13H2,1-2H3,(H,18,19). The Morgan fingerprint density at radius 2 is 1.74 bits per heavy atom. The maximum atomic E-state index is 12.6. The summed E-state index contributed by atoms with van der Waals surface area (Å²) in [7, 11) is 0. The first-order valence-corrected chi connectivity index (χ1v) is 8.09. The first-order valence-electron chi connectivity index (χ1n) is 8.09. The molecule has 0 aromatic carbocycles. The van der Waals surface area contributed by atoms with E-state index < -0.39 is 0 Å². The number of hydrogen-bond acceptors (Lipinski definition) is 2. The lowest BCUT2D eigenvalue weighted by Crippen LogP contribution is -2.49. The van der Waals surface area contributed by atoms with Crippen molar-refractivity contribution in [3.8, 4) is 0 Å². The molecule has 110 valence electrons. The van der Waals surface area contributed by atoms with E-state index in [1.165, 1.54) is 32.1 Å². The highest BCUT2D eigenvalue weighted by molar-refractivity contribution is 5.82. The lowest BCUT2D eigenvalue weighted by Gasteiger charge is -2.38. The number of carbonyl (C=O) groups is 1. The minimum atomic E-state index is -0.101. The highest BCUT2D eigenvalue weighted by atomic mass is 16.2. The van der Waals surface area contributed by atoms with Crippen LogP contribution in [0.4, 0.5) is 0 Å². The fourth-order valence-electron chi connectivity index (χ4n) is 3.71. The van der Waals surface area contributed by atoms with Gasteiger partial charge in [-0.3, -0.25) is 4.79 Å². The van der Waals surface area contributed by atoms with Crippen LogP contribution in [0.2, 0.25) is 0 Å². The minimum absolute atomic E-state index is 0.101. The summed E-state index contributed by atoms with van der Waals surface area (Å²) < 4.78 is 0. The number of amides is 1. The van der Waals surface area contributed by atoms with Crippen LogP contribution in [-0.2, 0) is 4.79 Å². The van der Waals surface area contributed by atoms with E-state index in [1.807, 2.05) is 0 Å². The molecular weight excluding hydrogens is 236 g/mol. The molecule has 1 heterocycles. The monoisotopic (exact) mass is 266 g/mol. The molecule has 2 fully saturated rings. The smallest absolute Gasteiger partial charge is 0.226 e. The zero-order valence-corrected chi connectivity index (χ0v) is 12.7. The van der Waals surface area contributed by atoms with Crippen molar-refractivity contribution in [1.29, 1.82) is 0 Å². The molecule has 1 aliphatic heterocycles. The van der Waals surface area contributed by atoms with Crippen LogP contribution in [0.3, 0.4) is 0 Å². The number of piperidine rings is 1. The van der Waals surface area contributed by atoms with E-state index in [4.69, 9.17) is 0 Å². The van der Waals surface area contributed by atoms with Crippen molar-refractivity contribution < 1.29 is 4.79 Å². The molecule has 0 aromatic rings. The van der Waals surface area contributed by atoms with E-state index in [1.54, 1.807) is 0 Å². The Morgan fingerprint density at radius 1 is 1.11 bits per heavy atom. The van der Waals surface area contributed by atoms with Crippen LogP contribution in [0, 0.1) is 10.8 Å². The van der Waals surface area contributed by atoms with Gasteiger partial charge in [0.05, 0.1) is 5.41 Å². The van der Waals surface area contributed by atoms with Gasteiger partial charge in [0, 0.05) is 6.54 Å². The van der Waals surface area contributed by atoms with Crippen LogP contribution in [0.15, 0.2) is 0 Å². The molecule has 3 nitrogen and oxygen atoms in total. The summed E-state index contributed by atoms with van der Waals surface area (Å²) in [6.07, 6.45) is 9.52. The molecule has 0 bridgehead atoms. The summed E-state index contributed by atoms with van der Waals surface area (Å²) in [6.45, 7) is 7.35. The van der Waals surface area contributed by atoms with Gasteiger partial charge in [0.15, 0.2) is 0 Å². The molecule has 0 radical (unpaired) electrons. The van der Waals surface area contributed by atoms with Crippen molar-refractivity contribution in [3.63, 3.8) is 0 Å². The van der Waals surface area contributed by atoms with Crippen molar-refractivity contribution in [2.45, 2.75) is 65.2 Å². The van der Waals surface area contributed by atoms with Gasteiger partial charge in [0.1, 0.15) is 0 Å². The van der Waals surface area contributed by atoms with Crippen molar-refractivity contribution >= 4 is 5.91 Å². The molecule has 2 N–H and O–H groups in total. The van der Waals surface area contributed by atoms with E-state index in [0.717, 1.165) is 38.9 Å². The van der Waals surface area contributed by atoms with Gasteiger partial charge in [0.2, 0.25) is 5.91 Å². The van der Waals surface area contributed by atoms with Crippen molar-refractivity contribution in [3.05, 3.63) is 0 Å². The zero-order chi connectivity index (χ0) is 13.8. The Bertz CT molecular complexity index is 302. The molecule has 0 unspecified atom stereocenters. The number of carbonyl (C=O) groups excluding carboxylic acids is 1. The summed E-state index contributed by atoms with van der Waals surface area (Å²) in [4.78, 5) is 12.6. The molecule has 0 spiro atoms. The fraction of sp³-hybridized carbons (Fsp3) is 0.938. The maximum absolute atomic E-state index is 12.6. The van der Waals surface area contributed by atoms with Gasteiger partial charge < -0.3 is 10.6 Å². The van der Waals surface area contributed by atoms with Gasteiger partial charge >= 0.3 is 0 Å². The van der Waals surface area contributed by atoms with Gasteiger partial charge in [-0.1, -0.05) is 33.1 Å². The molecule has 0 atom stereocenters. The average Bonchev–Trinajstić information content (AvgIpc) is 2.46. The molecule has 2 rings (SSSR count). The predicted octanol–water partition coefficient (Wildman–Crippen LogP) is 2.85. The summed E-state index contributed by atoms with van der Waals surface area (Å²) in [5, 5.41) is 6.65. The van der Waals surface area contributed by atoms with E-state index in [2.05, 4.69) is 24.5 Å². The van der Waals surface area contributed by atoms with E-state index >= 15 is 0 Å². The minimum Gasteiger partial charge on any atom is -0.355 e. The molecule has 0 aromatic heterocycles. The van der Waals surface area contributed by atoms with Gasteiger partial charge in [0.25, 0.3) is 0 Å². The lowest BCUT2D eigenvalue weighted by molar-refractivity contribution is -0.133. The molecular formula is C16H30N2O. The molecule has 2 aliphatic rings. The van der Waals surface area contributed by atoms with Crippen molar-refractivity contribution in [1.82, 2.24) is 10.6 Å². The summed E-state index contributed by atoms with van der Waals surface area (Å²) in [5.74, 6) is 0.309. The third kappa shape index (κ3) is 3.50. The lowest BCUT2D eigenvalue weighted by atomic mass is 9.74. The molecule has 1 amide bonds. The van der Waals surface area contributed by atoms with Crippen molar-refractivity contribution in [2.75, 3.05) is 19.6 Å². The van der Waals surface area contributed by atoms with E-state index in [0.29, 0.717) is 11.3 Å². The largest absolute Gasteiger partial charge is 0.355 e. The normalized spacial score (nSPS) is 25.8. The van der Waals surface area contributed by atoms with E-state index in [-0.39, 0.29) is 5.41 Å². The highest BCUT2D eigenvalue weighted by Crippen LogP contribution is 2.36. The molecule has 3 heteroatoms. The quantitative estimate of drug-likeness (QED) is 0.821. The number of nitrogens with one attached hydrogen (secondary N) is 2. The van der Waals surface area contributed by atoms with Crippen molar-refractivity contribution in [2.24, 2.45) is 10.8 Å². The zero-order valence-electron chi connectivity index (χ0n) is 12.7. The topological polar surface area (TPSA) is 41.1 Å². The second-order valence-corrected chi connectivity index (χ2v) is 6.94. The molecule has 1 aliphatic carbocycles. The third-order valence-corrected chi connectivity index (χ3v) is 5.46. The summed E-state index contributed by atoms with van der Waals surface area (Å²) >= 11 is 0. The summed E-state index contributed by atoms with van der Waals surface area (Å²) in [5.41, 5.74) is 0.242. The van der Waals surface area contributed by atoms with Crippen LogP contribution in [0.1, 0.15) is 65.2 Å². The average molecular weight is 266 g/mol. The van der Waals surface area contributed by atoms with Crippen LogP contribution in [-0.4, -0.2) is 25.5 Å². The van der Waals surface area contributed by atoms with Gasteiger partial charge in [-0.2, -0.15) is 0 Å². The van der Waals surface area contributed by atoms with Crippen LogP contribution < -0.4 is 10.6 Å². The predicted molar refractivity (Wildman–Crippen MR) is 79.0 cm³/mol.